The summed E-state index contributed by atoms with van der Waals surface area (Å²) in [5, 5.41) is 1.11. The fourth-order valence-corrected chi connectivity index (χ4v) is 2.37. The minimum atomic E-state index is 0.465. The highest BCUT2D eigenvalue weighted by atomic mass is 32.1. The summed E-state index contributed by atoms with van der Waals surface area (Å²) in [5.74, 6) is 2.74. The second-order valence-electron chi connectivity index (χ2n) is 4.83. The average molecular weight is 261 g/mol. The standard InChI is InChI=1S/C15H19NOS/c1-11(2)13(10-18)9-17-14-7-3-5-12-6-4-8-16-15(12)14/h3-8,11,13,18H,9-10H2,1-2H3. The quantitative estimate of drug-likeness (QED) is 0.827. The number of hydrogen-bond acceptors (Lipinski definition) is 3. The molecule has 96 valence electrons. The van der Waals surface area contributed by atoms with Crippen LogP contribution in [0.1, 0.15) is 13.8 Å². The fourth-order valence-electron chi connectivity index (χ4n) is 1.85. The molecule has 0 saturated heterocycles. The van der Waals surface area contributed by atoms with E-state index in [1.807, 2.05) is 30.3 Å². The molecule has 2 aromatic rings. The second-order valence-corrected chi connectivity index (χ2v) is 5.19. The van der Waals surface area contributed by atoms with Crippen molar-refractivity contribution in [2.45, 2.75) is 13.8 Å². The van der Waals surface area contributed by atoms with E-state index in [0.717, 1.165) is 22.4 Å². The number of para-hydroxylation sites is 1. The van der Waals surface area contributed by atoms with Crippen LogP contribution >= 0.6 is 12.6 Å². The molecule has 1 heterocycles. The van der Waals surface area contributed by atoms with E-state index in [2.05, 4.69) is 31.5 Å². The number of nitrogens with zero attached hydrogens (tertiary/aromatic N) is 1. The number of benzene rings is 1. The average Bonchev–Trinajstić information content (AvgIpc) is 2.39. The van der Waals surface area contributed by atoms with Gasteiger partial charge in [0.15, 0.2) is 0 Å². The molecule has 0 saturated carbocycles. The molecule has 0 bridgehead atoms. The van der Waals surface area contributed by atoms with Crippen LogP contribution < -0.4 is 4.74 Å². The summed E-state index contributed by atoms with van der Waals surface area (Å²) in [6, 6.07) is 10.0. The maximum atomic E-state index is 5.92. The van der Waals surface area contributed by atoms with E-state index >= 15 is 0 Å². The normalized spacial score (nSPS) is 12.9. The summed E-state index contributed by atoms with van der Waals surface area (Å²) >= 11 is 4.38. The van der Waals surface area contributed by atoms with E-state index in [4.69, 9.17) is 4.74 Å². The molecule has 0 radical (unpaired) electrons. The Balaban J connectivity index is 2.17. The van der Waals surface area contributed by atoms with Gasteiger partial charge < -0.3 is 4.74 Å². The smallest absolute Gasteiger partial charge is 0.145 e. The molecule has 1 aromatic carbocycles. The molecular formula is C15H19NOS. The maximum absolute atomic E-state index is 5.92. The number of aromatic nitrogens is 1. The first kappa shape index (κ1) is 13.2. The Labute approximate surface area is 114 Å². The first-order chi connectivity index (χ1) is 8.72. The summed E-state index contributed by atoms with van der Waals surface area (Å²) in [5.41, 5.74) is 0.932. The van der Waals surface area contributed by atoms with Crippen molar-refractivity contribution in [2.75, 3.05) is 12.4 Å². The largest absolute Gasteiger partial charge is 0.491 e. The Morgan fingerprint density at radius 1 is 1.22 bits per heavy atom. The Hall–Kier alpha value is -1.22. The van der Waals surface area contributed by atoms with E-state index < -0.39 is 0 Å². The Bertz CT molecular complexity index is 507. The van der Waals surface area contributed by atoms with Crippen LogP contribution in [0, 0.1) is 11.8 Å². The minimum Gasteiger partial charge on any atom is -0.491 e. The lowest BCUT2D eigenvalue weighted by Gasteiger charge is -2.19. The van der Waals surface area contributed by atoms with Crippen molar-refractivity contribution < 1.29 is 4.74 Å². The molecular weight excluding hydrogens is 242 g/mol. The molecule has 0 spiro atoms. The summed E-state index contributed by atoms with van der Waals surface area (Å²) < 4.78 is 5.92. The molecule has 0 aliphatic carbocycles. The molecule has 1 aromatic heterocycles. The zero-order valence-electron chi connectivity index (χ0n) is 10.8. The monoisotopic (exact) mass is 261 g/mol. The fraction of sp³-hybridized carbons (Fsp3) is 0.400. The summed E-state index contributed by atoms with van der Waals surface area (Å²) in [6.45, 7) is 5.09. The van der Waals surface area contributed by atoms with Crippen molar-refractivity contribution in [1.29, 1.82) is 0 Å². The number of ether oxygens (including phenoxy) is 1. The van der Waals surface area contributed by atoms with E-state index in [1.165, 1.54) is 0 Å². The van der Waals surface area contributed by atoms with E-state index in [1.54, 1.807) is 6.20 Å². The number of thiol groups is 1. The Kier molecular flexibility index (Phi) is 4.48. The molecule has 2 nitrogen and oxygen atoms in total. The van der Waals surface area contributed by atoms with Gasteiger partial charge in [-0.2, -0.15) is 12.6 Å². The topological polar surface area (TPSA) is 22.1 Å². The maximum Gasteiger partial charge on any atom is 0.145 e. The molecule has 3 heteroatoms. The van der Waals surface area contributed by atoms with E-state index in [9.17, 15) is 0 Å². The molecule has 0 aliphatic heterocycles. The summed E-state index contributed by atoms with van der Waals surface area (Å²) in [6.07, 6.45) is 1.80. The van der Waals surface area contributed by atoms with Gasteiger partial charge in [0.25, 0.3) is 0 Å². The van der Waals surface area contributed by atoms with Gasteiger partial charge in [-0.25, -0.2) is 0 Å². The van der Waals surface area contributed by atoms with Crippen molar-refractivity contribution in [3.05, 3.63) is 36.5 Å². The SMILES string of the molecule is CC(C)C(CS)COc1cccc2cccnc12. The second kappa shape index (κ2) is 6.10. The highest BCUT2D eigenvalue weighted by Crippen LogP contribution is 2.24. The van der Waals surface area contributed by atoms with Crippen molar-refractivity contribution in [1.82, 2.24) is 4.98 Å². The van der Waals surface area contributed by atoms with Crippen LogP contribution in [0.4, 0.5) is 0 Å². The lowest BCUT2D eigenvalue weighted by molar-refractivity contribution is 0.229. The van der Waals surface area contributed by atoms with Crippen LogP contribution in [-0.2, 0) is 0 Å². The lowest BCUT2D eigenvalue weighted by atomic mass is 9.99. The third-order valence-corrected chi connectivity index (χ3v) is 3.69. The highest BCUT2D eigenvalue weighted by Gasteiger charge is 2.13. The third-order valence-electron chi connectivity index (χ3n) is 3.23. The van der Waals surface area contributed by atoms with Gasteiger partial charge >= 0.3 is 0 Å². The Morgan fingerprint density at radius 3 is 2.72 bits per heavy atom. The lowest BCUT2D eigenvalue weighted by Crippen LogP contribution is -2.19. The number of pyridine rings is 1. The van der Waals surface area contributed by atoms with Crippen LogP contribution in [0.25, 0.3) is 10.9 Å². The summed E-state index contributed by atoms with van der Waals surface area (Å²) in [7, 11) is 0. The van der Waals surface area contributed by atoms with Gasteiger partial charge in [-0.3, -0.25) is 4.98 Å². The van der Waals surface area contributed by atoms with Gasteiger partial charge in [0.05, 0.1) is 6.61 Å². The van der Waals surface area contributed by atoms with Crippen LogP contribution in [0.2, 0.25) is 0 Å². The van der Waals surface area contributed by atoms with E-state index in [-0.39, 0.29) is 0 Å². The van der Waals surface area contributed by atoms with E-state index in [0.29, 0.717) is 18.4 Å². The minimum absolute atomic E-state index is 0.465. The van der Waals surface area contributed by atoms with Gasteiger partial charge in [-0.05, 0) is 23.8 Å². The first-order valence-corrected chi connectivity index (χ1v) is 6.93. The molecule has 1 atom stereocenters. The van der Waals surface area contributed by atoms with Crippen LogP contribution in [0.15, 0.2) is 36.5 Å². The zero-order valence-corrected chi connectivity index (χ0v) is 11.7. The van der Waals surface area contributed by atoms with Crippen molar-refractivity contribution in [3.63, 3.8) is 0 Å². The van der Waals surface area contributed by atoms with Crippen LogP contribution in [0.5, 0.6) is 5.75 Å². The predicted molar refractivity (Wildman–Crippen MR) is 79.4 cm³/mol. The molecule has 1 unspecified atom stereocenters. The third kappa shape index (κ3) is 2.96. The van der Waals surface area contributed by atoms with Gasteiger partial charge in [0.1, 0.15) is 11.3 Å². The molecule has 0 fully saturated rings. The summed E-state index contributed by atoms with van der Waals surface area (Å²) in [4.78, 5) is 4.39. The number of fused-ring (bicyclic) bond motifs is 1. The number of rotatable bonds is 5. The molecule has 0 aliphatic rings. The number of hydrogen-bond donors (Lipinski definition) is 1. The first-order valence-electron chi connectivity index (χ1n) is 6.29. The van der Waals surface area contributed by atoms with Gasteiger partial charge in [0.2, 0.25) is 0 Å². The van der Waals surface area contributed by atoms with Crippen LogP contribution in [-0.4, -0.2) is 17.3 Å². The molecule has 0 amide bonds. The van der Waals surface area contributed by atoms with Crippen molar-refractivity contribution in [3.8, 4) is 5.75 Å². The molecule has 0 N–H and O–H groups in total. The van der Waals surface area contributed by atoms with Crippen molar-refractivity contribution in [2.24, 2.45) is 11.8 Å². The highest BCUT2D eigenvalue weighted by molar-refractivity contribution is 7.80. The van der Waals surface area contributed by atoms with Crippen molar-refractivity contribution >= 4 is 23.5 Å². The predicted octanol–water partition coefficient (Wildman–Crippen LogP) is 3.82. The Morgan fingerprint density at radius 2 is 2.00 bits per heavy atom. The van der Waals surface area contributed by atoms with Gasteiger partial charge in [-0.1, -0.05) is 32.0 Å². The van der Waals surface area contributed by atoms with Gasteiger partial charge in [0, 0.05) is 17.5 Å². The zero-order chi connectivity index (χ0) is 13.0. The van der Waals surface area contributed by atoms with Crippen LogP contribution in [0.3, 0.4) is 0 Å². The van der Waals surface area contributed by atoms with Gasteiger partial charge in [-0.15, -0.1) is 0 Å². The molecule has 18 heavy (non-hydrogen) atoms. The molecule has 2 rings (SSSR count).